The van der Waals surface area contributed by atoms with E-state index < -0.39 is 14.9 Å². The molecular weight excluding hydrogens is 442 g/mol. The van der Waals surface area contributed by atoms with Crippen LogP contribution in [0.25, 0.3) is 0 Å². The Labute approximate surface area is 184 Å². The van der Waals surface area contributed by atoms with E-state index in [-0.39, 0.29) is 22.4 Å². The number of carbonyl (C=O) groups is 1. The lowest BCUT2D eigenvalue weighted by Crippen LogP contribution is -2.41. The molecule has 0 saturated carbocycles. The van der Waals surface area contributed by atoms with E-state index in [0.717, 1.165) is 18.9 Å². The third-order valence-electron chi connectivity index (χ3n) is 5.63. The van der Waals surface area contributed by atoms with Crippen LogP contribution in [0, 0.1) is 16.0 Å². The number of rotatable bonds is 6. The number of anilines is 2. The fraction of sp³-hybridized carbons (Fsp3) is 0.474. The second kappa shape index (κ2) is 8.89. The smallest absolute Gasteiger partial charge is 0.270 e. The van der Waals surface area contributed by atoms with Crippen molar-refractivity contribution in [3.05, 3.63) is 39.9 Å². The lowest BCUT2D eigenvalue weighted by atomic mass is 9.96. The van der Waals surface area contributed by atoms with Gasteiger partial charge in [-0.1, -0.05) is 0 Å². The number of amides is 1. The van der Waals surface area contributed by atoms with Gasteiger partial charge in [0.05, 0.1) is 16.5 Å². The molecule has 2 aliphatic rings. The maximum atomic E-state index is 13.3. The first kappa shape index (κ1) is 21.7. The molecule has 3 heterocycles. The first-order valence-electron chi connectivity index (χ1n) is 10.1. The van der Waals surface area contributed by atoms with Crippen LogP contribution in [-0.2, 0) is 14.8 Å². The number of thiazole rings is 1. The minimum Gasteiger partial charge on any atom is -0.370 e. The number of hydrogen-bond donors (Lipinski definition) is 1. The molecule has 2 aliphatic heterocycles. The molecule has 1 N–H and O–H groups in total. The van der Waals surface area contributed by atoms with Crippen molar-refractivity contribution >= 4 is 43.8 Å². The van der Waals surface area contributed by atoms with Crippen LogP contribution >= 0.6 is 11.3 Å². The van der Waals surface area contributed by atoms with Crippen LogP contribution in [0.4, 0.5) is 16.5 Å². The van der Waals surface area contributed by atoms with Crippen LogP contribution in [0.15, 0.2) is 34.7 Å². The minimum absolute atomic E-state index is 0.0652. The van der Waals surface area contributed by atoms with Gasteiger partial charge in [0.2, 0.25) is 15.9 Å². The summed E-state index contributed by atoms with van der Waals surface area (Å²) in [6, 6.07) is 3.95. The Bertz CT molecular complexity index is 1070. The van der Waals surface area contributed by atoms with Gasteiger partial charge in [-0.05, 0) is 31.7 Å². The second-order valence-electron chi connectivity index (χ2n) is 7.63. The molecule has 1 atom stereocenters. The van der Waals surface area contributed by atoms with E-state index in [0.29, 0.717) is 49.8 Å². The van der Waals surface area contributed by atoms with Crippen molar-refractivity contribution in [3.63, 3.8) is 0 Å². The number of benzene rings is 1. The number of sulfonamides is 1. The summed E-state index contributed by atoms with van der Waals surface area (Å²) in [5.74, 6) is -0.499. The summed E-state index contributed by atoms with van der Waals surface area (Å²) in [7, 11) is -3.88. The summed E-state index contributed by atoms with van der Waals surface area (Å²) in [6.07, 6.45) is 4.53. The number of piperidine rings is 1. The molecular formula is C19H23N5O5S2. The maximum absolute atomic E-state index is 13.3. The van der Waals surface area contributed by atoms with Crippen molar-refractivity contribution in [2.45, 2.75) is 30.6 Å². The molecule has 4 rings (SSSR count). The number of nitro benzene ring substituents is 1. The molecule has 166 valence electrons. The van der Waals surface area contributed by atoms with Gasteiger partial charge in [0, 0.05) is 49.9 Å². The molecule has 12 heteroatoms. The molecule has 0 aliphatic carbocycles. The Morgan fingerprint density at radius 3 is 2.68 bits per heavy atom. The Morgan fingerprint density at radius 1 is 1.23 bits per heavy atom. The summed E-state index contributed by atoms with van der Waals surface area (Å²) in [6.45, 7) is 1.71. The zero-order valence-electron chi connectivity index (χ0n) is 16.8. The van der Waals surface area contributed by atoms with Gasteiger partial charge in [-0.25, -0.2) is 13.4 Å². The van der Waals surface area contributed by atoms with Gasteiger partial charge < -0.3 is 10.2 Å². The lowest BCUT2D eigenvalue weighted by molar-refractivity contribution is -0.385. The summed E-state index contributed by atoms with van der Waals surface area (Å²) >= 11 is 1.33. The summed E-state index contributed by atoms with van der Waals surface area (Å²) in [5, 5.41) is 16.4. The van der Waals surface area contributed by atoms with E-state index in [2.05, 4.69) is 10.3 Å². The van der Waals surface area contributed by atoms with Crippen molar-refractivity contribution in [2.75, 3.05) is 36.4 Å². The van der Waals surface area contributed by atoms with Crippen LogP contribution in [0.3, 0.4) is 0 Å². The molecule has 10 nitrogen and oxygen atoms in total. The maximum Gasteiger partial charge on any atom is 0.270 e. The zero-order valence-corrected chi connectivity index (χ0v) is 18.4. The molecule has 2 aromatic rings. The van der Waals surface area contributed by atoms with E-state index in [9.17, 15) is 23.3 Å². The molecule has 1 aromatic carbocycles. The predicted molar refractivity (Wildman–Crippen MR) is 117 cm³/mol. The minimum atomic E-state index is -3.88. The fourth-order valence-electron chi connectivity index (χ4n) is 4.05. The average molecular weight is 466 g/mol. The van der Waals surface area contributed by atoms with E-state index in [1.807, 2.05) is 4.90 Å². The van der Waals surface area contributed by atoms with Gasteiger partial charge in [0.15, 0.2) is 5.13 Å². The van der Waals surface area contributed by atoms with E-state index in [4.69, 9.17) is 0 Å². The standard InChI is InChI=1S/C19H23N5O5S2/c25-18(21-19-20-7-11-30-19)14-4-3-8-22(13-14)16-6-5-15(24(26)27)12-17(16)31(28,29)23-9-1-2-10-23/h5-7,11-12,14H,1-4,8-10,13H2,(H,20,21,25). The first-order chi connectivity index (χ1) is 14.9. The number of carbonyl (C=O) groups excluding carboxylic acids is 1. The first-order valence-corrected chi connectivity index (χ1v) is 12.4. The van der Waals surface area contributed by atoms with Gasteiger partial charge in [0.25, 0.3) is 5.69 Å². The van der Waals surface area contributed by atoms with Crippen LogP contribution in [0.1, 0.15) is 25.7 Å². The van der Waals surface area contributed by atoms with E-state index in [1.54, 1.807) is 11.6 Å². The zero-order chi connectivity index (χ0) is 22.0. The summed E-state index contributed by atoms with van der Waals surface area (Å²) in [5.41, 5.74) is 0.140. The molecule has 2 fully saturated rings. The number of nitrogens with zero attached hydrogens (tertiary/aromatic N) is 4. The highest BCUT2D eigenvalue weighted by molar-refractivity contribution is 7.89. The number of nitro groups is 1. The molecule has 0 spiro atoms. The Morgan fingerprint density at radius 2 is 2.00 bits per heavy atom. The van der Waals surface area contributed by atoms with Crippen molar-refractivity contribution in [3.8, 4) is 0 Å². The lowest BCUT2D eigenvalue weighted by Gasteiger charge is -2.35. The highest BCUT2D eigenvalue weighted by Gasteiger charge is 2.34. The van der Waals surface area contributed by atoms with Crippen molar-refractivity contribution in [1.82, 2.24) is 9.29 Å². The molecule has 1 amide bonds. The van der Waals surface area contributed by atoms with E-state index >= 15 is 0 Å². The van der Waals surface area contributed by atoms with Gasteiger partial charge in [-0.2, -0.15) is 4.31 Å². The highest BCUT2D eigenvalue weighted by Crippen LogP contribution is 2.35. The second-order valence-corrected chi connectivity index (χ2v) is 10.4. The van der Waals surface area contributed by atoms with Crippen molar-refractivity contribution in [1.29, 1.82) is 0 Å². The third kappa shape index (κ3) is 4.55. The van der Waals surface area contributed by atoms with Gasteiger partial charge >= 0.3 is 0 Å². The molecule has 1 unspecified atom stereocenters. The van der Waals surface area contributed by atoms with Crippen LogP contribution in [0.2, 0.25) is 0 Å². The molecule has 0 radical (unpaired) electrons. The Hall–Kier alpha value is -2.57. The third-order valence-corrected chi connectivity index (χ3v) is 8.25. The van der Waals surface area contributed by atoms with Crippen LogP contribution in [0.5, 0.6) is 0 Å². The molecule has 2 saturated heterocycles. The van der Waals surface area contributed by atoms with Crippen molar-refractivity contribution < 1.29 is 18.1 Å². The molecule has 0 bridgehead atoms. The Kier molecular flexibility index (Phi) is 6.21. The van der Waals surface area contributed by atoms with Crippen LogP contribution < -0.4 is 10.2 Å². The highest BCUT2D eigenvalue weighted by atomic mass is 32.2. The SMILES string of the molecule is O=C(Nc1nccs1)C1CCCN(c2ccc([N+](=O)[O-])cc2S(=O)(=O)N2CCCC2)C1. The molecule has 1 aromatic heterocycles. The van der Waals surface area contributed by atoms with Crippen LogP contribution in [-0.4, -0.2) is 54.7 Å². The summed E-state index contributed by atoms with van der Waals surface area (Å²) < 4.78 is 28.0. The fourth-order valence-corrected chi connectivity index (χ4v) is 6.33. The largest absolute Gasteiger partial charge is 0.370 e. The molecule has 31 heavy (non-hydrogen) atoms. The number of nitrogens with one attached hydrogen (secondary N) is 1. The topological polar surface area (TPSA) is 126 Å². The number of non-ortho nitro benzene ring substituents is 1. The van der Waals surface area contributed by atoms with Crippen molar-refractivity contribution in [2.24, 2.45) is 5.92 Å². The summed E-state index contributed by atoms with van der Waals surface area (Å²) in [4.78, 5) is 29.3. The number of hydrogen-bond acceptors (Lipinski definition) is 8. The average Bonchev–Trinajstić information content (AvgIpc) is 3.48. The predicted octanol–water partition coefficient (Wildman–Crippen LogP) is 2.69. The van der Waals surface area contributed by atoms with Gasteiger partial charge in [-0.15, -0.1) is 11.3 Å². The quantitative estimate of drug-likeness (QED) is 0.513. The Balaban J connectivity index is 1.63. The van der Waals surface area contributed by atoms with Gasteiger partial charge in [-0.3, -0.25) is 14.9 Å². The number of aromatic nitrogens is 1. The monoisotopic (exact) mass is 465 g/mol. The van der Waals surface area contributed by atoms with E-state index in [1.165, 1.54) is 27.8 Å². The van der Waals surface area contributed by atoms with Gasteiger partial charge in [0.1, 0.15) is 4.90 Å². The normalized spacial score (nSPS) is 20.0.